The molecule has 0 aliphatic heterocycles. The zero-order valence-corrected chi connectivity index (χ0v) is 11.5. The van der Waals surface area contributed by atoms with Crippen molar-refractivity contribution in [2.24, 2.45) is 5.10 Å². The average Bonchev–Trinajstić information content (AvgIpc) is 2.86. The molecule has 2 rings (SSSR count). The van der Waals surface area contributed by atoms with Crippen molar-refractivity contribution < 1.29 is 4.42 Å². The highest BCUT2D eigenvalue weighted by Gasteiger charge is 2.22. The molecule has 0 aliphatic carbocycles. The van der Waals surface area contributed by atoms with Gasteiger partial charge in [-0.05, 0) is 12.1 Å². The molecule has 0 saturated carbocycles. The normalized spacial score (nSPS) is 11.9. The summed E-state index contributed by atoms with van der Waals surface area (Å²) in [4.78, 5) is 12.1. The number of rotatable bonds is 3. The molecule has 0 unspecified atom stereocenters. The number of nitrogens with two attached hydrogens (primary N) is 1. The Morgan fingerprint density at radius 3 is 2.80 bits per heavy atom. The number of hydrogen-bond acceptors (Lipinski definition) is 7. The third-order valence-corrected chi connectivity index (χ3v) is 2.50. The van der Waals surface area contributed by atoms with Crippen LogP contribution in [0.1, 0.15) is 32.2 Å². The van der Waals surface area contributed by atoms with Gasteiger partial charge in [-0.15, -0.1) is 10.2 Å². The van der Waals surface area contributed by atoms with Gasteiger partial charge < -0.3 is 10.3 Å². The van der Waals surface area contributed by atoms with Gasteiger partial charge in [0.05, 0.1) is 12.5 Å². The van der Waals surface area contributed by atoms with E-state index in [-0.39, 0.29) is 5.95 Å². The van der Waals surface area contributed by atoms with Gasteiger partial charge in [0, 0.05) is 5.41 Å². The fraction of sp³-hybridized carbons (Fsp3) is 0.333. The lowest BCUT2D eigenvalue weighted by atomic mass is 9.93. The first kappa shape index (κ1) is 13.8. The first-order valence-electron chi connectivity index (χ1n) is 5.97. The number of hydrogen-bond donors (Lipinski definition) is 2. The zero-order chi connectivity index (χ0) is 14.8. The van der Waals surface area contributed by atoms with Crippen molar-refractivity contribution in [3.8, 4) is 0 Å². The maximum absolute atomic E-state index is 12.1. The minimum atomic E-state index is -0.429. The lowest BCUT2D eigenvalue weighted by molar-refractivity contribution is 0.538. The van der Waals surface area contributed by atoms with Crippen LogP contribution in [0.5, 0.6) is 0 Å². The standard InChI is InChI=1S/C12H16N6O2/c1-12(2,3)9-10(19)18(13)11(17-15-9)16-14-7-8-5-4-6-20-8/h4-7H,13H2,1-3H3,(H,16,17)/b14-7+. The van der Waals surface area contributed by atoms with E-state index in [0.29, 0.717) is 11.5 Å². The second-order valence-corrected chi connectivity index (χ2v) is 5.18. The number of anilines is 1. The number of furan rings is 1. The van der Waals surface area contributed by atoms with E-state index >= 15 is 0 Å². The molecule has 0 bridgehead atoms. The minimum Gasteiger partial charge on any atom is -0.463 e. The van der Waals surface area contributed by atoms with Gasteiger partial charge in [-0.1, -0.05) is 20.8 Å². The number of nitrogen functional groups attached to an aromatic ring is 1. The summed E-state index contributed by atoms with van der Waals surface area (Å²) >= 11 is 0. The van der Waals surface area contributed by atoms with E-state index in [0.717, 1.165) is 4.68 Å². The van der Waals surface area contributed by atoms with Crippen LogP contribution in [-0.2, 0) is 5.41 Å². The number of nitrogens with zero attached hydrogens (tertiary/aromatic N) is 4. The van der Waals surface area contributed by atoms with Crippen LogP contribution in [0.15, 0.2) is 32.7 Å². The Bertz CT molecular complexity index is 666. The van der Waals surface area contributed by atoms with Crippen molar-refractivity contribution >= 4 is 12.2 Å². The first-order valence-corrected chi connectivity index (χ1v) is 5.97. The van der Waals surface area contributed by atoms with Gasteiger partial charge in [-0.25, -0.2) is 5.43 Å². The summed E-state index contributed by atoms with van der Waals surface area (Å²) in [5.41, 5.74) is 1.99. The van der Waals surface area contributed by atoms with E-state index in [4.69, 9.17) is 10.3 Å². The summed E-state index contributed by atoms with van der Waals surface area (Å²) in [5, 5.41) is 11.6. The number of hydrazone groups is 1. The van der Waals surface area contributed by atoms with Gasteiger partial charge in [-0.2, -0.15) is 9.78 Å². The Morgan fingerprint density at radius 2 is 2.20 bits per heavy atom. The van der Waals surface area contributed by atoms with Crippen molar-refractivity contribution in [2.75, 3.05) is 11.3 Å². The molecule has 0 amide bonds. The molecule has 0 radical (unpaired) electrons. The Labute approximate surface area is 115 Å². The van der Waals surface area contributed by atoms with Gasteiger partial charge in [0.25, 0.3) is 11.5 Å². The van der Waals surface area contributed by atoms with E-state index < -0.39 is 11.0 Å². The Hall–Kier alpha value is -2.64. The third-order valence-electron chi connectivity index (χ3n) is 2.50. The molecule has 0 aliphatic rings. The van der Waals surface area contributed by atoms with Crippen molar-refractivity contribution in [1.82, 2.24) is 14.9 Å². The van der Waals surface area contributed by atoms with E-state index in [1.54, 1.807) is 12.1 Å². The third kappa shape index (κ3) is 2.85. The molecular formula is C12H16N6O2. The summed E-state index contributed by atoms with van der Waals surface area (Å²) in [6, 6.07) is 3.47. The van der Waals surface area contributed by atoms with E-state index in [1.165, 1.54) is 12.5 Å². The van der Waals surface area contributed by atoms with Crippen molar-refractivity contribution in [3.63, 3.8) is 0 Å². The van der Waals surface area contributed by atoms with Gasteiger partial charge in [0.15, 0.2) is 0 Å². The van der Waals surface area contributed by atoms with Crippen LogP contribution in [0.4, 0.5) is 5.95 Å². The number of aromatic nitrogens is 3. The molecule has 2 aromatic rings. The molecule has 106 valence electrons. The lowest BCUT2D eigenvalue weighted by Crippen LogP contribution is -2.38. The fourth-order valence-electron chi connectivity index (χ4n) is 1.46. The Kier molecular flexibility index (Phi) is 3.55. The molecule has 0 saturated heterocycles. The minimum absolute atomic E-state index is 0.0470. The van der Waals surface area contributed by atoms with Crippen LogP contribution in [0.2, 0.25) is 0 Å². The maximum atomic E-state index is 12.1. The zero-order valence-electron chi connectivity index (χ0n) is 11.5. The Morgan fingerprint density at radius 1 is 1.45 bits per heavy atom. The molecule has 8 heteroatoms. The van der Waals surface area contributed by atoms with Crippen LogP contribution in [-0.4, -0.2) is 21.1 Å². The van der Waals surface area contributed by atoms with Gasteiger partial charge in [0.1, 0.15) is 11.5 Å². The smallest absolute Gasteiger partial charge is 0.295 e. The predicted octanol–water partition coefficient (Wildman–Crippen LogP) is 0.689. The summed E-state index contributed by atoms with van der Waals surface area (Å²) in [6.45, 7) is 5.59. The summed E-state index contributed by atoms with van der Waals surface area (Å²) in [7, 11) is 0. The average molecular weight is 276 g/mol. The van der Waals surface area contributed by atoms with Gasteiger partial charge >= 0.3 is 0 Å². The second-order valence-electron chi connectivity index (χ2n) is 5.18. The van der Waals surface area contributed by atoms with Crippen molar-refractivity contribution in [2.45, 2.75) is 26.2 Å². The molecule has 0 fully saturated rings. The van der Waals surface area contributed by atoms with Gasteiger partial charge in [-0.3, -0.25) is 4.79 Å². The van der Waals surface area contributed by atoms with Gasteiger partial charge in [0.2, 0.25) is 0 Å². The number of nitrogens with one attached hydrogen (secondary N) is 1. The highest BCUT2D eigenvalue weighted by molar-refractivity contribution is 5.76. The lowest BCUT2D eigenvalue weighted by Gasteiger charge is -2.16. The molecule has 8 nitrogen and oxygen atoms in total. The quantitative estimate of drug-likeness (QED) is 0.484. The van der Waals surface area contributed by atoms with Crippen LogP contribution < -0.4 is 16.8 Å². The molecule has 0 aromatic carbocycles. The van der Waals surface area contributed by atoms with Crippen LogP contribution >= 0.6 is 0 Å². The molecule has 2 heterocycles. The molecule has 0 spiro atoms. The SMILES string of the molecule is CC(C)(C)c1nnc(N/N=C/c2ccco2)n(N)c1=O. The molecule has 2 aromatic heterocycles. The summed E-state index contributed by atoms with van der Waals surface area (Å²) < 4.78 is 5.95. The largest absolute Gasteiger partial charge is 0.463 e. The fourth-order valence-corrected chi connectivity index (χ4v) is 1.46. The predicted molar refractivity (Wildman–Crippen MR) is 75.1 cm³/mol. The topological polar surface area (TPSA) is 111 Å². The van der Waals surface area contributed by atoms with Crippen LogP contribution in [0.25, 0.3) is 0 Å². The van der Waals surface area contributed by atoms with E-state index in [2.05, 4.69) is 20.7 Å². The summed E-state index contributed by atoms with van der Waals surface area (Å²) in [6.07, 6.45) is 2.96. The van der Waals surface area contributed by atoms with Crippen molar-refractivity contribution in [1.29, 1.82) is 0 Å². The second kappa shape index (κ2) is 5.16. The summed E-state index contributed by atoms with van der Waals surface area (Å²) in [5.74, 6) is 6.29. The molecule has 0 atom stereocenters. The van der Waals surface area contributed by atoms with Crippen LogP contribution in [0, 0.1) is 0 Å². The molecule has 3 N–H and O–H groups in total. The van der Waals surface area contributed by atoms with Crippen molar-refractivity contribution in [3.05, 3.63) is 40.2 Å². The monoisotopic (exact) mass is 276 g/mol. The highest BCUT2D eigenvalue weighted by Crippen LogP contribution is 2.15. The van der Waals surface area contributed by atoms with Crippen LogP contribution in [0.3, 0.4) is 0 Å². The highest BCUT2D eigenvalue weighted by atomic mass is 16.3. The van der Waals surface area contributed by atoms with E-state index in [9.17, 15) is 4.79 Å². The molecular weight excluding hydrogens is 260 g/mol. The molecule has 20 heavy (non-hydrogen) atoms. The Balaban J connectivity index is 2.22. The van der Waals surface area contributed by atoms with E-state index in [1.807, 2.05) is 20.8 Å². The first-order chi connectivity index (χ1) is 9.39. The maximum Gasteiger partial charge on any atom is 0.295 e.